The fourth-order valence-corrected chi connectivity index (χ4v) is 5.48. The predicted octanol–water partition coefficient (Wildman–Crippen LogP) is 1.34. The lowest BCUT2D eigenvalue weighted by atomic mass is 10.1. The number of nitrogens with one attached hydrogen (secondary N) is 1. The van der Waals surface area contributed by atoms with Crippen LogP contribution in [0.2, 0.25) is 0 Å². The molecule has 1 unspecified atom stereocenters. The molecular formula is C15H19N4O2S2+. The third-order valence-corrected chi connectivity index (χ3v) is 6.24. The smallest absolute Gasteiger partial charge is 0.235 e. The molecule has 0 spiro atoms. The number of fused-ring (bicyclic) bond motifs is 1. The van der Waals surface area contributed by atoms with E-state index >= 15 is 0 Å². The van der Waals surface area contributed by atoms with E-state index in [0.29, 0.717) is 0 Å². The average molecular weight is 351 g/mol. The summed E-state index contributed by atoms with van der Waals surface area (Å²) in [6.07, 6.45) is 1.89. The van der Waals surface area contributed by atoms with Crippen molar-refractivity contribution in [3.8, 4) is 5.88 Å². The van der Waals surface area contributed by atoms with Gasteiger partial charge in [0.05, 0.1) is 4.88 Å². The zero-order valence-corrected chi connectivity index (χ0v) is 14.6. The fourth-order valence-electron chi connectivity index (χ4n) is 3.40. The first kappa shape index (κ1) is 15.1. The van der Waals surface area contributed by atoms with E-state index in [1.807, 2.05) is 0 Å². The van der Waals surface area contributed by atoms with Gasteiger partial charge >= 0.3 is 0 Å². The highest BCUT2D eigenvalue weighted by molar-refractivity contribution is 7.17. The van der Waals surface area contributed by atoms with Crippen molar-refractivity contribution in [3.05, 3.63) is 33.6 Å². The molecule has 8 heteroatoms. The van der Waals surface area contributed by atoms with Crippen molar-refractivity contribution in [2.45, 2.75) is 32.1 Å². The van der Waals surface area contributed by atoms with Gasteiger partial charge in [-0.05, 0) is 25.3 Å². The Bertz CT molecular complexity index is 788. The molecule has 4 rings (SSSR count). The highest BCUT2D eigenvalue weighted by Crippen LogP contribution is 2.36. The van der Waals surface area contributed by atoms with Crippen molar-refractivity contribution in [3.63, 3.8) is 0 Å². The Hall–Kier alpha value is -1.48. The van der Waals surface area contributed by atoms with Gasteiger partial charge in [-0.25, -0.2) is 4.98 Å². The lowest BCUT2D eigenvalue weighted by molar-refractivity contribution is -0.939. The van der Waals surface area contributed by atoms with Crippen molar-refractivity contribution in [2.24, 2.45) is 0 Å². The van der Waals surface area contributed by atoms with Crippen LogP contribution in [0.5, 0.6) is 5.88 Å². The molecule has 4 atom stereocenters. The molecule has 1 aliphatic heterocycles. The SMILES string of the molecule is C[C@@H]1C[NH+]([C@@H](c2cccs2)c2sc3ncnn3c2O)C[C@H](C)O1. The summed E-state index contributed by atoms with van der Waals surface area (Å²) in [6.45, 7) is 6.06. The molecule has 0 amide bonds. The summed E-state index contributed by atoms with van der Waals surface area (Å²) in [5.41, 5.74) is 0. The van der Waals surface area contributed by atoms with Crippen LogP contribution in [0.4, 0.5) is 0 Å². The molecule has 1 aliphatic rings. The summed E-state index contributed by atoms with van der Waals surface area (Å²) in [6, 6.07) is 4.30. The van der Waals surface area contributed by atoms with Gasteiger partial charge in [0.25, 0.3) is 0 Å². The maximum absolute atomic E-state index is 10.6. The van der Waals surface area contributed by atoms with E-state index in [2.05, 4.69) is 41.4 Å². The van der Waals surface area contributed by atoms with Crippen molar-refractivity contribution in [1.82, 2.24) is 14.6 Å². The largest absolute Gasteiger partial charge is 0.492 e. The second kappa shape index (κ2) is 5.86. The van der Waals surface area contributed by atoms with Crippen LogP contribution >= 0.6 is 22.7 Å². The number of aromatic nitrogens is 3. The molecule has 23 heavy (non-hydrogen) atoms. The third-order valence-electron chi connectivity index (χ3n) is 4.20. The summed E-state index contributed by atoms with van der Waals surface area (Å²) in [5.74, 6) is 0.209. The molecule has 4 heterocycles. The maximum Gasteiger partial charge on any atom is 0.235 e. The molecule has 0 aromatic carbocycles. The van der Waals surface area contributed by atoms with Gasteiger partial charge in [-0.2, -0.15) is 9.61 Å². The number of aromatic hydroxyl groups is 1. The van der Waals surface area contributed by atoms with Crippen LogP contribution in [0, 0.1) is 0 Å². The normalized spacial score (nSPS) is 26.6. The molecule has 1 saturated heterocycles. The van der Waals surface area contributed by atoms with Crippen LogP contribution in [0.15, 0.2) is 23.8 Å². The number of hydrogen-bond acceptors (Lipinski definition) is 6. The molecule has 3 aromatic heterocycles. The predicted molar refractivity (Wildman–Crippen MR) is 89.4 cm³/mol. The summed E-state index contributed by atoms with van der Waals surface area (Å²) < 4.78 is 7.41. The monoisotopic (exact) mass is 351 g/mol. The third kappa shape index (κ3) is 2.65. The number of hydrogen-bond donors (Lipinski definition) is 2. The van der Waals surface area contributed by atoms with E-state index in [-0.39, 0.29) is 24.1 Å². The van der Waals surface area contributed by atoms with Crippen LogP contribution in [-0.2, 0) is 4.74 Å². The Morgan fingerprint density at radius 2 is 2.17 bits per heavy atom. The van der Waals surface area contributed by atoms with Gasteiger partial charge in [0.15, 0.2) is 6.04 Å². The number of rotatable bonds is 3. The molecule has 0 bridgehead atoms. The van der Waals surface area contributed by atoms with Crippen molar-refractivity contribution >= 4 is 27.6 Å². The molecule has 0 radical (unpaired) electrons. The molecule has 3 aromatic rings. The number of ether oxygens (including phenoxy) is 1. The van der Waals surface area contributed by atoms with Crippen LogP contribution in [0.25, 0.3) is 4.96 Å². The van der Waals surface area contributed by atoms with E-state index in [1.54, 1.807) is 11.3 Å². The van der Waals surface area contributed by atoms with E-state index < -0.39 is 0 Å². The number of morpholine rings is 1. The quantitative estimate of drug-likeness (QED) is 0.747. The first-order valence-electron chi connectivity index (χ1n) is 7.68. The molecule has 1 fully saturated rings. The maximum atomic E-state index is 10.6. The van der Waals surface area contributed by atoms with Crippen LogP contribution in [-0.4, -0.2) is 45.0 Å². The summed E-state index contributed by atoms with van der Waals surface area (Å²) in [7, 11) is 0. The highest BCUT2D eigenvalue weighted by Gasteiger charge is 2.37. The molecule has 0 saturated carbocycles. The van der Waals surface area contributed by atoms with Gasteiger partial charge in [-0.15, -0.1) is 11.3 Å². The fraction of sp³-hybridized carbons (Fsp3) is 0.467. The highest BCUT2D eigenvalue weighted by atomic mass is 32.1. The summed E-state index contributed by atoms with van der Waals surface area (Å²) in [4.78, 5) is 8.54. The molecule has 0 aliphatic carbocycles. The first-order chi connectivity index (χ1) is 11.1. The minimum Gasteiger partial charge on any atom is -0.492 e. The zero-order valence-electron chi connectivity index (χ0n) is 13.0. The second-order valence-electron chi connectivity index (χ2n) is 6.02. The van der Waals surface area contributed by atoms with Crippen LogP contribution in [0.1, 0.15) is 29.6 Å². The summed E-state index contributed by atoms with van der Waals surface area (Å²) >= 11 is 3.24. The number of quaternary nitrogens is 1. The van der Waals surface area contributed by atoms with Gasteiger partial charge in [0.1, 0.15) is 36.5 Å². The van der Waals surface area contributed by atoms with Crippen LogP contribution < -0.4 is 4.90 Å². The van der Waals surface area contributed by atoms with Gasteiger partial charge in [-0.3, -0.25) is 0 Å². The Morgan fingerprint density at radius 3 is 2.83 bits per heavy atom. The van der Waals surface area contributed by atoms with E-state index in [4.69, 9.17) is 4.74 Å². The Kier molecular flexibility index (Phi) is 3.84. The van der Waals surface area contributed by atoms with Gasteiger partial charge in [0, 0.05) is 0 Å². The average Bonchev–Trinajstić information content (AvgIpc) is 3.20. The molecule has 122 valence electrons. The molecule has 6 nitrogen and oxygen atoms in total. The van der Waals surface area contributed by atoms with Crippen molar-refractivity contribution < 1.29 is 14.7 Å². The topological polar surface area (TPSA) is 64.1 Å². The van der Waals surface area contributed by atoms with Gasteiger partial charge in [-0.1, -0.05) is 17.4 Å². The van der Waals surface area contributed by atoms with E-state index in [9.17, 15) is 5.11 Å². The standard InChI is InChI=1S/C15H18N4O2S2/c1-9-6-18(7-10(2)21-9)12(11-4-3-5-22-11)13-14(20)19-15(23-13)16-8-17-19/h3-5,8-10,12,20H,6-7H2,1-2H3/p+1/t9-,10+,12-/m0/s1. The van der Waals surface area contributed by atoms with E-state index in [1.165, 1.54) is 32.0 Å². The lowest BCUT2D eigenvalue weighted by Crippen LogP contribution is -3.15. The lowest BCUT2D eigenvalue weighted by Gasteiger charge is -2.36. The second-order valence-corrected chi connectivity index (χ2v) is 8.00. The van der Waals surface area contributed by atoms with E-state index in [0.717, 1.165) is 22.9 Å². The Balaban J connectivity index is 1.79. The number of thiophene rings is 1. The number of nitrogens with zero attached hydrogens (tertiary/aromatic N) is 3. The zero-order chi connectivity index (χ0) is 16.0. The van der Waals surface area contributed by atoms with Crippen molar-refractivity contribution in [2.75, 3.05) is 13.1 Å². The molecular weight excluding hydrogens is 332 g/mol. The van der Waals surface area contributed by atoms with Crippen LogP contribution in [0.3, 0.4) is 0 Å². The van der Waals surface area contributed by atoms with Gasteiger partial charge < -0.3 is 14.7 Å². The Morgan fingerprint density at radius 1 is 1.39 bits per heavy atom. The van der Waals surface area contributed by atoms with Gasteiger partial charge in [0.2, 0.25) is 10.8 Å². The Labute approximate surface area is 142 Å². The van der Waals surface area contributed by atoms with Crippen molar-refractivity contribution in [1.29, 1.82) is 0 Å². The number of thiazole rings is 1. The minimum atomic E-state index is 0.0947. The minimum absolute atomic E-state index is 0.0947. The summed E-state index contributed by atoms with van der Waals surface area (Å²) in [5, 5.41) is 16.8. The molecule has 2 N–H and O–H groups in total. The first-order valence-corrected chi connectivity index (χ1v) is 9.38.